The van der Waals surface area contributed by atoms with Crippen molar-refractivity contribution in [2.45, 2.75) is 70.7 Å². The fourth-order valence-electron chi connectivity index (χ4n) is 3.83. The van der Waals surface area contributed by atoms with Crippen LogP contribution in [0.3, 0.4) is 0 Å². The monoisotopic (exact) mass is 369 g/mol. The molecule has 0 unspecified atom stereocenters. The Bertz CT molecular complexity index is 465. The Morgan fingerprint density at radius 1 is 1.12 bits per heavy atom. The van der Waals surface area contributed by atoms with E-state index in [0.717, 1.165) is 63.3 Å². The van der Waals surface area contributed by atoms with Crippen LogP contribution < -0.4 is 0 Å². The molecule has 150 valence electrons. The summed E-state index contributed by atoms with van der Waals surface area (Å²) >= 11 is 0. The lowest BCUT2D eigenvalue weighted by Crippen LogP contribution is -2.55. The van der Waals surface area contributed by atoms with Gasteiger partial charge in [-0.2, -0.15) is 0 Å². The third-order valence-corrected chi connectivity index (χ3v) is 5.60. The van der Waals surface area contributed by atoms with Crippen LogP contribution in [0.2, 0.25) is 0 Å². The van der Waals surface area contributed by atoms with E-state index in [1.807, 2.05) is 20.8 Å². The highest BCUT2D eigenvalue weighted by atomic mass is 16.6. The van der Waals surface area contributed by atoms with Crippen LogP contribution in [0.1, 0.15) is 52.9 Å². The Balaban J connectivity index is 1.11. The molecule has 6 heteroatoms. The van der Waals surface area contributed by atoms with Gasteiger partial charge in [-0.1, -0.05) is 0 Å². The van der Waals surface area contributed by atoms with Gasteiger partial charge in [0.25, 0.3) is 0 Å². The lowest BCUT2D eigenvalue weighted by molar-refractivity contribution is -0.0644. The van der Waals surface area contributed by atoms with E-state index in [1.165, 1.54) is 6.42 Å². The predicted molar refractivity (Wildman–Crippen MR) is 97.9 cm³/mol. The summed E-state index contributed by atoms with van der Waals surface area (Å²) in [6.07, 6.45) is 5.17. The van der Waals surface area contributed by atoms with E-state index in [2.05, 4.69) is 0 Å². The molecule has 3 fully saturated rings. The predicted octanol–water partition coefficient (Wildman–Crippen LogP) is 2.83. The molecule has 0 aromatic rings. The highest BCUT2D eigenvalue weighted by Crippen LogP contribution is 2.51. The van der Waals surface area contributed by atoms with E-state index in [0.29, 0.717) is 13.1 Å². The van der Waals surface area contributed by atoms with Gasteiger partial charge >= 0.3 is 6.09 Å². The second kappa shape index (κ2) is 8.44. The number of likely N-dealkylation sites (tertiary alicyclic amines) is 1. The highest BCUT2D eigenvalue weighted by molar-refractivity contribution is 5.69. The number of carbonyl (C=O) groups is 1. The molecule has 1 saturated heterocycles. The lowest BCUT2D eigenvalue weighted by atomic mass is 9.78. The van der Waals surface area contributed by atoms with Crippen LogP contribution in [-0.4, -0.2) is 66.8 Å². The first-order valence-corrected chi connectivity index (χ1v) is 10.2. The normalized spacial score (nSPS) is 31.3. The zero-order valence-corrected chi connectivity index (χ0v) is 16.5. The summed E-state index contributed by atoms with van der Waals surface area (Å²) in [7, 11) is 0. The van der Waals surface area contributed by atoms with Crippen molar-refractivity contribution < 1.29 is 24.1 Å². The maximum Gasteiger partial charge on any atom is 0.410 e. The summed E-state index contributed by atoms with van der Waals surface area (Å²) in [4.78, 5) is 13.5. The number of carbonyl (C=O) groups excluding carboxylic acids is 1. The van der Waals surface area contributed by atoms with Crippen LogP contribution >= 0.6 is 0 Å². The second-order valence-corrected chi connectivity index (χ2v) is 9.21. The number of amides is 1. The Labute approximate surface area is 157 Å². The first-order valence-electron chi connectivity index (χ1n) is 10.2. The van der Waals surface area contributed by atoms with E-state index in [-0.39, 0.29) is 18.3 Å². The van der Waals surface area contributed by atoms with Crippen LogP contribution in [0.4, 0.5) is 4.79 Å². The molecule has 0 aromatic heterocycles. The SMILES string of the molecule is CC(C)(C)OC(=O)N1CC(OCCCCOC[C@@H]2C[C@H]2C2CC(O)C2)C1. The Morgan fingerprint density at radius 3 is 2.46 bits per heavy atom. The van der Waals surface area contributed by atoms with E-state index >= 15 is 0 Å². The fraction of sp³-hybridized carbons (Fsp3) is 0.950. The van der Waals surface area contributed by atoms with E-state index in [1.54, 1.807) is 4.90 Å². The number of ether oxygens (including phenoxy) is 3. The second-order valence-electron chi connectivity index (χ2n) is 9.21. The number of nitrogens with zero attached hydrogens (tertiary/aromatic N) is 1. The lowest BCUT2D eigenvalue weighted by Gasteiger charge is -2.39. The molecule has 1 heterocycles. The fourth-order valence-corrected chi connectivity index (χ4v) is 3.83. The molecule has 6 nitrogen and oxygen atoms in total. The zero-order chi connectivity index (χ0) is 18.7. The molecule has 0 radical (unpaired) electrons. The van der Waals surface area contributed by atoms with Crippen LogP contribution in [0.15, 0.2) is 0 Å². The number of aliphatic hydroxyl groups excluding tert-OH is 1. The Hall–Kier alpha value is -0.850. The number of unbranched alkanes of at least 4 members (excludes halogenated alkanes) is 1. The minimum Gasteiger partial charge on any atom is -0.444 e. The van der Waals surface area contributed by atoms with Crippen molar-refractivity contribution in [2.24, 2.45) is 17.8 Å². The molecule has 0 spiro atoms. The number of hydrogen-bond donors (Lipinski definition) is 1. The van der Waals surface area contributed by atoms with Crippen molar-refractivity contribution in [3.05, 3.63) is 0 Å². The van der Waals surface area contributed by atoms with Gasteiger partial charge in [-0.25, -0.2) is 4.79 Å². The minimum atomic E-state index is -0.442. The molecule has 3 aliphatic rings. The number of hydrogen-bond acceptors (Lipinski definition) is 5. The van der Waals surface area contributed by atoms with Gasteiger partial charge in [0.15, 0.2) is 0 Å². The van der Waals surface area contributed by atoms with Crippen molar-refractivity contribution >= 4 is 6.09 Å². The largest absolute Gasteiger partial charge is 0.444 e. The molecule has 2 aliphatic carbocycles. The topological polar surface area (TPSA) is 68.2 Å². The van der Waals surface area contributed by atoms with Crippen molar-refractivity contribution in [3.8, 4) is 0 Å². The van der Waals surface area contributed by atoms with Gasteiger partial charge in [0.2, 0.25) is 0 Å². The standard InChI is InChI=1S/C20H35NO5/c1-20(2,3)26-19(23)21-11-17(12-21)25-7-5-4-6-24-13-15-10-18(15)14-8-16(22)9-14/h14-18,22H,4-13H2,1-3H3/t14?,15-,16?,18-/m0/s1. The summed E-state index contributed by atoms with van der Waals surface area (Å²) in [5, 5.41) is 9.36. The molecule has 2 saturated carbocycles. The average Bonchev–Trinajstić information content (AvgIpc) is 3.21. The first kappa shape index (κ1) is 19.9. The van der Waals surface area contributed by atoms with Gasteiger partial charge in [-0.15, -0.1) is 0 Å². The van der Waals surface area contributed by atoms with Crippen molar-refractivity contribution in [2.75, 3.05) is 32.9 Å². The molecular weight excluding hydrogens is 334 g/mol. The van der Waals surface area contributed by atoms with Gasteiger partial charge < -0.3 is 24.2 Å². The maximum absolute atomic E-state index is 11.8. The molecular formula is C20H35NO5. The van der Waals surface area contributed by atoms with E-state index in [4.69, 9.17) is 14.2 Å². The van der Waals surface area contributed by atoms with Gasteiger partial charge in [-0.3, -0.25) is 0 Å². The van der Waals surface area contributed by atoms with Crippen LogP contribution in [0.25, 0.3) is 0 Å². The van der Waals surface area contributed by atoms with Crippen LogP contribution in [0.5, 0.6) is 0 Å². The van der Waals surface area contributed by atoms with Crippen molar-refractivity contribution in [1.82, 2.24) is 4.90 Å². The molecule has 0 aromatic carbocycles. The maximum atomic E-state index is 11.8. The molecule has 0 bridgehead atoms. The minimum absolute atomic E-state index is 0.0333. The van der Waals surface area contributed by atoms with Crippen LogP contribution in [-0.2, 0) is 14.2 Å². The summed E-state index contributed by atoms with van der Waals surface area (Å²) in [6.45, 7) is 9.29. The molecule has 1 aliphatic heterocycles. The van der Waals surface area contributed by atoms with E-state index < -0.39 is 5.60 Å². The molecule has 2 atom stereocenters. The summed E-state index contributed by atoms with van der Waals surface area (Å²) in [5.41, 5.74) is -0.442. The van der Waals surface area contributed by atoms with Gasteiger partial charge in [0.05, 0.1) is 25.3 Å². The molecule has 26 heavy (non-hydrogen) atoms. The van der Waals surface area contributed by atoms with Crippen molar-refractivity contribution in [1.29, 1.82) is 0 Å². The van der Waals surface area contributed by atoms with Crippen LogP contribution in [0, 0.1) is 17.8 Å². The summed E-state index contributed by atoms with van der Waals surface area (Å²) in [6, 6.07) is 0. The van der Waals surface area contributed by atoms with E-state index in [9.17, 15) is 9.90 Å². The Kier molecular flexibility index (Phi) is 6.46. The first-order chi connectivity index (χ1) is 12.3. The van der Waals surface area contributed by atoms with Gasteiger partial charge in [0.1, 0.15) is 5.60 Å². The molecule has 1 amide bonds. The zero-order valence-electron chi connectivity index (χ0n) is 16.5. The van der Waals surface area contributed by atoms with Crippen molar-refractivity contribution in [3.63, 3.8) is 0 Å². The third kappa shape index (κ3) is 5.83. The van der Waals surface area contributed by atoms with Gasteiger partial charge in [-0.05, 0) is 70.6 Å². The smallest absolute Gasteiger partial charge is 0.410 e. The third-order valence-electron chi connectivity index (χ3n) is 5.60. The Morgan fingerprint density at radius 2 is 1.81 bits per heavy atom. The van der Waals surface area contributed by atoms with Gasteiger partial charge in [0, 0.05) is 19.8 Å². The number of rotatable bonds is 9. The molecule has 1 N–H and O–H groups in total. The average molecular weight is 370 g/mol. The summed E-state index contributed by atoms with van der Waals surface area (Å²) in [5.74, 6) is 2.31. The highest BCUT2D eigenvalue weighted by Gasteiger charge is 2.47. The summed E-state index contributed by atoms with van der Waals surface area (Å²) < 4.78 is 16.9. The molecule has 3 rings (SSSR count). The quantitative estimate of drug-likeness (QED) is 0.633. The number of aliphatic hydroxyl groups is 1.